The third-order valence-corrected chi connectivity index (χ3v) is 4.63. The molecular formula is C17H27BO3. The van der Waals surface area contributed by atoms with Gasteiger partial charge in [-0.15, -0.1) is 0 Å². The first-order valence-electron chi connectivity index (χ1n) is 7.92. The van der Waals surface area contributed by atoms with E-state index in [9.17, 15) is 0 Å². The van der Waals surface area contributed by atoms with Crippen LogP contribution in [-0.4, -0.2) is 24.4 Å². The highest BCUT2D eigenvalue weighted by Gasteiger charge is 2.52. The van der Waals surface area contributed by atoms with E-state index >= 15 is 0 Å². The fourth-order valence-electron chi connectivity index (χ4n) is 2.39. The maximum atomic E-state index is 6.14. The van der Waals surface area contributed by atoms with Crippen LogP contribution in [0, 0.1) is 0 Å². The highest BCUT2D eigenvalue weighted by atomic mass is 16.7. The van der Waals surface area contributed by atoms with E-state index in [1.54, 1.807) is 0 Å². The Morgan fingerprint density at radius 2 is 1.52 bits per heavy atom. The summed E-state index contributed by atoms with van der Waals surface area (Å²) in [5, 5.41) is 0. The predicted molar refractivity (Wildman–Crippen MR) is 87.2 cm³/mol. The van der Waals surface area contributed by atoms with Gasteiger partial charge in [-0.1, -0.05) is 32.0 Å². The molecule has 0 amide bonds. The molecule has 0 aromatic heterocycles. The number of benzene rings is 1. The number of hydrogen-bond donors (Lipinski definition) is 0. The number of hydrogen-bond acceptors (Lipinski definition) is 3. The van der Waals surface area contributed by atoms with Crippen molar-refractivity contribution in [3.63, 3.8) is 0 Å². The SMILES string of the molecule is CCC(CC)Oc1ccccc1B1OC(C)(C)C(C)(C)O1. The van der Waals surface area contributed by atoms with Gasteiger partial charge in [0.05, 0.1) is 17.3 Å². The molecule has 1 aliphatic rings. The monoisotopic (exact) mass is 290 g/mol. The van der Waals surface area contributed by atoms with Crippen molar-refractivity contribution >= 4 is 12.6 Å². The molecule has 1 fully saturated rings. The van der Waals surface area contributed by atoms with Crippen molar-refractivity contribution in [2.24, 2.45) is 0 Å². The van der Waals surface area contributed by atoms with Gasteiger partial charge in [-0.2, -0.15) is 0 Å². The zero-order chi connectivity index (χ0) is 15.7. The number of rotatable bonds is 5. The first-order chi connectivity index (χ1) is 9.80. The van der Waals surface area contributed by atoms with Crippen LogP contribution in [0.3, 0.4) is 0 Å². The van der Waals surface area contributed by atoms with Crippen LogP contribution in [0.5, 0.6) is 5.75 Å². The molecule has 4 heteroatoms. The van der Waals surface area contributed by atoms with Gasteiger partial charge in [0, 0.05) is 5.46 Å². The lowest BCUT2D eigenvalue weighted by atomic mass is 9.78. The van der Waals surface area contributed by atoms with E-state index in [1.807, 2.05) is 24.3 Å². The van der Waals surface area contributed by atoms with Crippen LogP contribution in [0.4, 0.5) is 0 Å². The Kier molecular flexibility index (Phi) is 4.69. The molecule has 0 spiro atoms. The number of para-hydroxylation sites is 1. The van der Waals surface area contributed by atoms with Crippen LogP contribution >= 0.6 is 0 Å². The molecule has 0 N–H and O–H groups in total. The molecule has 0 saturated carbocycles. The quantitative estimate of drug-likeness (QED) is 0.776. The summed E-state index contributed by atoms with van der Waals surface area (Å²) in [6.07, 6.45) is 2.22. The first kappa shape index (κ1) is 16.4. The standard InChI is InChI=1S/C17H27BO3/c1-7-13(8-2)19-15-12-10-9-11-14(15)18-20-16(3,4)17(5,6)21-18/h9-13H,7-8H2,1-6H3. The van der Waals surface area contributed by atoms with Gasteiger partial charge in [-0.3, -0.25) is 0 Å². The Balaban J connectivity index is 2.25. The Labute approximate surface area is 129 Å². The molecule has 3 nitrogen and oxygen atoms in total. The molecule has 1 aliphatic heterocycles. The predicted octanol–water partition coefficient (Wildman–Crippen LogP) is 3.55. The molecule has 1 aromatic rings. The Morgan fingerprint density at radius 1 is 1.00 bits per heavy atom. The Morgan fingerprint density at radius 3 is 2.05 bits per heavy atom. The lowest BCUT2D eigenvalue weighted by Crippen LogP contribution is -2.41. The van der Waals surface area contributed by atoms with Crippen LogP contribution < -0.4 is 10.2 Å². The van der Waals surface area contributed by atoms with Crippen molar-refractivity contribution in [2.45, 2.75) is 71.7 Å². The van der Waals surface area contributed by atoms with Crippen molar-refractivity contribution in [3.8, 4) is 5.75 Å². The molecule has 1 aromatic carbocycles. The summed E-state index contributed by atoms with van der Waals surface area (Å²) in [6, 6.07) is 8.02. The van der Waals surface area contributed by atoms with E-state index in [4.69, 9.17) is 14.0 Å². The van der Waals surface area contributed by atoms with E-state index in [-0.39, 0.29) is 24.4 Å². The molecule has 0 unspecified atom stereocenters. The second-order valence-electron chi connectivity index (χ2n) is 6.68. The van der Waals surface area contributed by atoms with Crippen molar-refractivity contribution in [3.05, 3.63) is 24.3 Å². The third kappa shape index (κ3) is 3.27. The lowest BCUT2D eigenvalue weighted by Gasteiger charge is -2.32. The highest BCUT2D eigenvalue weighted by molar-refractivity contribution is 6.63. The Bertz CT molecular complexity index is 465. The average Bonchev–Trinajstić information content (AvgIpc) is 2.65. The van der Waals surface area contributed by atoms with Gasteiger partial charge in [0.1, 0.15) is 5.75 Å². The Hall–Kier alpha value is -0.995. The normalized spacial score (nSPS) is 20.0. The summed E-state index contributed by atoms with van der Waals surface area (Å²) >= 11 is 0. The van der Waals surface area contributed by atoms with Crippen LogP contribution in [0.15, 0.2) is 24.3 Å². The number of ether oxygens (including phenoxy) is 1. The summed E-state index contributed by atoms with van der Waals surface area (Å²) in [7, 11) is -0.374. The first-order valence-corrected chi connectivity index (χ1v) is 7.92. The molecule has 0 atom stereocenters. The minimum Gasteiger partial charge on any atom is -0.491 e. The van der Waals surface area contributed by atoms with Gasteiger partial charge in [0.2, 0.25) is 0 Å². The van der Waals surface area contributed by atoms with Crippen molar-refractivity contribution in [2.75, 3.05) is 0 Å². The molecule has 1 saturated heterocycles. The van der Waals surface area contributed by atoms with Crippen molar-refractivity contribution < 1.29 is 14.0 Å². The molecule has 21 heavy (non-hydrogen) atoms. The summed E-state index contributed by atoms with van der Waals surface area (Å²) in [6.45, 7) is 12.6. The second-order valence-corrected chi connectivity index (χ2v) is 6.68. The van der Waals surface area contributed by atoms with E-state index < -0.39 is 0 Å². The molecule has 1 heterocycles. The maximum absolute atomic E-state index is 6.14. The minimum absolute atomic E-state index is 0.230. The summed E-state index contributed by atoms with van der Waals surface area (Å²) in [5.74, 6) is 0.865. The molecule has 2 rings (SSSR count). The highest BCUT2D eigenvalue weighted by Crippen LogP contribution is 2.37. The van der Waals surface area contributed by atoms with Gasteiger partial charge < -0.3 is 14.0 Å². The van der Waals surface area contributed by atoms with E-state index in [1.165, 1.54) is 0 Å². The third-order valence-electron chi connectivity index (χ3n) is 4.63. The van der Waals surface area contributed by atoms with Gasteiger partial charge in [-0.25, -0.2) is 0 Å². The maximum Gasteiger partial charge on any atom is 0.498 e. The minimum atomic E-state index is -0.374. The fraction of sp³-hybridized carbons (Fsp3) is 0.647. The second kappa shape index (κ2) is 6.01. The van der Waals surface area contributed by atoms with E-state index in [0.29, 0.717) is 0 Å². The largest absolute Gasteiger partial charge is 0.498 e. The van der Waals surface area contributed by atoms with Gasteiger partial charge >= 0.3 is 7.12 Å². The van der Waals surface area contributed by atoms with E-state index in [2.05, 4.69) is 41.5 Å². The van der Waals surface area contributed by atoms with Crippen LogP contribution in [0.2, 0.25) is 0 Å². The van der Waals surface area contributed by atoms with Gasteiger partial charge in [-0.05, 0) is 46.6 Å². The zero-order valence-electron chi connectivity index (χ0n) is 14.1. The van der Waals surface area contributed by atoms with Gasteiger partial charge in [0.25, 0.3) is 0 Å². The molecule has 0 aliphatic carbocycles. The smallest absolute Gasteiger partial charge is 0.491 e. The van der Waals surface area contributed by atoms with Gasteiger partial charge in [0.15, 0.2) is 0 Å². The molecular weight excluding hydrogens is 263 g/mol. The molecule has 0 radical (unpaired) electrons. The molecule has 116 valence electrons. The van der Waals surface area contributed by atoms with E-state index in [0.717, 1.165) is 24.1 Å². The fourth-order valence-corrected chi connectivity index (χ4v) is 2.39. The van der Waals surface area contributed by atoms with Crippen LogP contribution in [0.1, 0.15) is 54.4 Å². The topological polar surface area (TPSA) is 27.7 Å². The summed E-state index contributed by atoms with van der Waals surface area (Å²) in [5.41, 5.74) is 0.308. The lowest BCUT2D eigenvalue weighted by molar-refractivity contribution is 0.00578. The van der Waals surface area contributed by atoms with Crippen molar-refractivity contribution in [1.29, 1.82) is 0 Å². The zero-order valence-corrected chi connectivity index (χ0v) is 14.1. The average molecular weight is 290 g/mol. The van der Waals surface area contributed by atoms with Crippen molar-refractivity contribution in [1.82, 2.24) is 0 Å². The van der Waals surface area contributed by atoms with Crippen LogP contribution in [-0.2, 0) is 9.31 Å². The van der Waals surface area contributed by atoms with Crippen LogP contribution in [0.25, 0.3) is 0 Å². The summed E-state index contributed by atoms with van der Waals surface area (Å²) in [4.78, 5) is 0. The molecule has 0 bridgehead atoms. The summed E-state index contributed by atoms with van der Waals surface area (Å²) < 4.78 is 18.4.